The highest BCUT2D eigenvalue weighted by molar-refractivity contribution is 7.47. The SMILES string of the molecule is CCC/C=C/CCCCCCCC/C=C/[C@@H](O)[C@H](COP(=O)(O)OCC[N+](C)(C)C)NC(=O)CCCCCCCCCCCCCCC. The molecule has 284 valence electrons. The highest BCUT2D eigenvalue weighted by atomic mass is 31.2. The summed E-state index contributed by atoms with van der Waals surface area (Å²) in [6.07, 6.45) is 35.2. The molecule has 0 rings (SSSR count). The summed E-state index contributed by atoms with van der Waals surface area (Å²) in [6.45, 7) is 4.74. The van der Waals surface area contributed by atoms with Crippen LogP contribution in [0.4, 0.5) is 0 Å². The van der Waals surface area contributed by atoms with E-state index >= 15 is 0 Å². The Balaban J connectivity index is 4.52. The molecule has 0 saturated heterocycles. The van der Waals surface area contributed by atoms with Gasteiger partial charge in [-0.15, -0.1) is 0 Å². The van der Waals surface area contributed by atoms with Gasteiger partial charge in [0.15, 0.2) is 0 Å². The number of nitrogens with zero attached hydrogens (tertiary/aromatic N) is 1. The lowest BCUT2D eigenvalue weighted by Crippen LogP contribution is -2.45. The number of unbranched alkanes of at least 4 members (excludes halogenated alkanes) is 20. The van der Waals surface area contributed by atoms with Crippen LogP contribution in [0, 0.1) is 0 Å². The van der Waals surface area contributed by atoms with Crippen molar-refractivity contribution in [3.63, 3.8) is 0 Å². The number of phosphoric acid groups is 1. The molecular formula is C39H78N2O6P+. The van der Waals surface area contributed by atoms with Gasteiger partial charge in [0.2, 0.25) is 5.91 Å². The number of nitrogens with one attached hydrogen (secondary N) is 1. The summed E-state index contributed by atoms with van der Waals surface area (Å²) >= 11 is 0. The zero-order chi connectivity index (χ0) is 35.8. The molecule has 1 unspecified atom stereocenters. The molecular weight excluding hydrogens is 623 g/mol. The van der Waals surface area contributed by atoms with Crippen LogP contribution in [0.15, 0.2) is 24.3 Å². The zero-order valence-electron chi connectivity index (χ0n) is 32.0. The van der Waals surface area contributed by atoms with Crippen molar-refractivity contribution in [2.75, 3.05) is 40.9 Å². The summed E-state index contributed by atoms with van der Waals surface area (Å²) in [7, 11) is 1.57. The summed E-state index contributed by atoms with van der Waals surface area (Å²) in [4.78, 5) is 23.0. The second-order valence-corrected chi connectivity index (χ2v) is 16.1. The van der Waals surface area contributed by atoms with Gasteiger partial charge in [0.05, 0.1) is 39.9 Å². The van der Waals surface area contributed by atoms with E-state index in [-0.39, 0.29) is 19.1 Å². The van der Waals surface area contributed by atoms with Gasteiger partial charge in [0.1, 0.15) is 13.2 Å². The lowest BCUT2D eigenvalue weighted by atomic mass is 10.0. The Morgan fingerprint density at radius 2 is 1.17 bits per heavy atom. The van der Waals surface area contributed by atoms with Gasteiger partial charge in [-0.1, -0.05) is 147 Å². The van der Waals surface area contributed by atoms with Crippen LogP contribution in [-0.2, 0) is 18.4 Å². The summed E-state index contributed by atoms with van der Waals surface area (Å²) in [6, 6.07) is -0.843. The normalized spacial score (nSPS) is 14.9. The standard InChI is InChI=1S/C39H77N2O6P/c1-6-8-10-12-14-16-18-20-22-24-26-28-30-32-38(42)37(36-47-48(44,45)46-35-34-41(3,4)5)40-39(43)33-31-29-27-25-23-21-19-17-15-13-11-9-7-2/h10,12,30,32,37-38,42H,6-9,11,13-29,31,33-36H2,1-5H3,(H-,40,43,44,45)/p+1/b12-10+,32-30+/t37-,38+/m0/s1. The third-order valence-electron chi connectivity index (χ3n) is 8.65. The highest BCUT2D eigenvalue weighted by Crippen LogP contribution is 2.43. The molecule has 0 radical (unpaired) electrons. The fraction of sp³-hybridized carbons (Fsp3) is 0.872. The Hall–Kier alpha value is -1.02. The number of quaternary nitrogens is 1. The minimum atomic E-state index is -4.33. The van der Waals surface area contributed by atoms with Crippen LogP contribution in [0.25, 0.3) is 0 Å². The van der Waals surface area contributed by atoms with E-state index in [2.05, 4.69) is 31.3 Å². The maximum atomic E-state index is 12.8. The van der Waals surface area contributed by atoms with Crippen LogP contribution >= 0.6 is 7.82 Å². The number of aliphatic hydroxyl groups is 1. The summed E-state index contributed by atoms with van der Waals surface area (Å²) in [5.41, 5.74) is 0. The maximum absolute atomic E-state index is 12.8. The number of carbonyl (C=O) groups is 1. The Morgan fingerprint density at radius 3 is 1.69 bits per heavy atom. The van der Waals surface area contributed by atoms with Gasteiger partial charge < -0.3 is 19.8 Å². The van der Waals surface area contributed by atoms with Gasteiger partial charge in [-0.05, 0) is 38.5 Å². The van der Waals surface area contributed by atoms with Crippen molar-refractivity contribution in [3.8, 4) is 0 Å². The first-order valence-corrected chi connectivity index (χ1v) is 21.2. The van der Waals surface area contributed by atoms with Gasteiger partial charge in [0.25, 0.3) is 0 Å². The molecule has 0 saturated carbocycles. The minimum absolute atomic E-state index is 0.0613. The molecule has 0 aromatic heterocycles. The molecule has 3 N–H and O–H groups in total. The summed E-state index contributed by atoms with van der Waals surface area (Å²) < 4.78 is 23.4. The van der Waals surface area contributed by atoms with Crippen molar-refractivity contribution in [2.45, 2.75) is 180 Å². The zero-order valence-corrected chi connectivity index (χ0v) is 32.9. The lowest BCUT2D eigenvalue weighted by molar-refractivity contribution is -0.870. The monoisotopic (exact) mass is 702 g/mol. The molecule has 0 aromatic carbocycles. The van der Waals surface area contributed by atoms with E-state index in [9.17, 15) is 19.4 Å². The number of allylic oxidation sites excluding steroid dienone is 3. The fourth-order valence-corrected chi connectivity index (χ4v) is 6.19. The Morgan fingerprint density at radius 1 is 0.688 bits per heavy atom. The smallest absolute Gasteiger partial charge is 0.387 e. The first kappa shape index (κ1) is 47.0. The number of rotatable bonds is 35. The molecule has 0 bridgehead atoms. The second-order valence-electron chi connectivity index (χ2n) is 14.7. The van der Waals surface area contributed by atoms with Crippen LogP contribution in [0.2, 0.25) is 0 Å². The molecule has 9 heteroatoms. The largest absolute Gasteiger partial charge is 0.472 e. The number of likely N-dealkylation sites (N-methyl/N-ethyl adjacent to an activating group) is 1. The molecule has 3 atom stereocenters. The molecule has 1 amide bonds. The number of hydrogen-bond acceptors (Lipinski definition) is 5. The van der Waals surface area contributed by atoms with E-state index in [1.54, 1.807) is 6.08 Å². The van der Waals surface area contributed by atoms with E-state index < -0.39 is 20.0 Å². The van der Waals surface area contributed by atoms with Crippen molar-refractivity contribution >= 4 is 13.7 Å². The molecule has 0 fully saturated rings. The molecule has 48 heavy (non-hydrogen) atoms. The average molecular weight is 702 g/mol. The molecule has 0 spiro atoms. The Bertz CT molecular complexity index is 845. The predicted molar refractivity (Wildman–Crippen MR) is 203 cm³/mol. The highest BCUT2D eigenvalue weighted by Gasteiger charge is 2.27. The van der Waals surface area contributed by atoms with Crippen LogP contribution < -0.4 is 5.32 Å². The number of phosphoric ester groups is 1. The Kier molecular flexibility index (Phi) is 31.2. The topological polar surface area (TPSA) is 105 Å². The van der Waals surface area contributed by atoms with E-state index in [0.717, 1.165) is 38.5 Å². The maximum Gasteiger partial charge on any atom is 0.472 e. The minimum Gasteiger partial charge on any atom is -0.387 e. The van der Waals surface area contributed by atoms with Gasteiger partial charge in [-0.3, -0.25) is 13.8 Å². The number of carbonyl (C=O) groups excluding carboxylic acids is 1. The van der Waals surface area contributed by atoms with Gasteiger partial charge in [-0.25, -0.2) is 4.57 Å². The second kappa shape index (κ2) is 31.9. The molecule has 8 nitrogen and oxygen atoms in total. The van der Waals surface area contributed by atoms with Crippen LogP contribution in [0.3, 0.4) is 0 Å². The van der Waals surface area contributed by atoms with Crippen molar-refractivity contribution in [1.82, 2.24) is 5.32 Å². The number of hydrogen-bond donors (Lipinski definition) is 3. The van der Waals surface area contributed by atoms with Crippen molar-refractivity contribution < 1.29 is 32.9 Å². The van der Waals surface area contributed by atoms with Crippen molar-refractivity contribution in [3.05, 3.63) is 24.3 Å². The quantitative estimate of drug-likeness (QED) is 0.0263. The van der Waals surface area contributed by atoms with E-state index in [1.807, 2.05) is 27.2 Å². The van der Waals surface area contributed by atoms with Crippen molar-refractivity contribution in [2.24, 2.45) is 0 Å². The molecule has 0 aliphatic heterocycles. The molecule has 0 aromatic rings. The average Bonchev–Trinajstić information content (AvgIpc) is 3.02. The summed E-state index contributed by atoms with van der Waals surface area (Å²) in [5.74, 6) is -0.182. The fourth-order valence-electron chi connectivity index (χ4n) is 5.45. The number of amides is 1. The third-order valence-corrected chi connectivity index (χ3v) is 9.63. The van der Waals surface area contributed by atoms with E-state index in [1.165, 1.54) is 109 Å². The van der Waals surface area contributed by atoms with Gasteiger partial charge >= 0.3 is 7.82 Å². The van der Waals surface area contributed by atoms with Crippen LogP contribution in [0.1, 0.15) is 168 Å². The van der Waals surface area contributed by atoms with Crippen molar-refractivity contribution in [1.29, 1.82) is 0 Å². The first-order valence-electron chi connectivity index (χ1n) is 19.7. The molecule has 0 aliphatic carbocycles. The number of aliphatic hydroxyl groups excluding tert-OH is 1. The van der Waals surface area contributed by atoms with Gasteiger partial charge in [0, 0.05) is 6.42 Å². The molecule has 0 aliphatic rings. The lowest BCUT2D eigenvalue weighted by Gasteiger charge is -2.25. The van der Waals surface area contributed by atoms with E-state index in [0.29, 0.717) is 17.4 Å². The van der Waals surface area contributed by atoms with Gasteiger partial charge in [-0.2, -0.15) is 0 Å². The third kappa shape index (κ3) is 33.5. The van der Waals surface area contributed by atoms with Crippen LogP contribution in [0.5, 0.6) is 0 Å². The predicted octanol–water partition coefficient (Wildman–Crippen LogP) is 10.2. The summed E-state index contributed by atoms with van der Waals surface area (Å²) in [5, 5.41) is 13.7. The first-order chi connectivity index (χ1) is 23.0. The van der Waals surface area contributed by atoms with Crippen LogP contribution in [-0.4, -0.2) is 73.4 Å². The molecule has 0 heterocycles. The van der Waals surface area contributed by atoms with E-state index in [4.69, 9.17) is 9.05 Å². The Labute approximate surface area is 296 Å².